The minimum absolute atomic E-state index is 0.983. The van der Waals surface area contributed by atoms with Crippen LogP contribution in [0.2, 0.25) is 0 Å². The Morgan fingerprint density at radius 1 is 1.05 bits per heavy atom. The molecular weight excluding hydrogens is 258 g/mol. The summed E-state index contributed by atoms with van der Waals surface area (Å²) in [5, 5.41) is 1.28. The topological polar surface area (TPSA) is 16.1 Å². The van der Waals surface area contributed by atoms with Gasteiger partial charge in [0.25, 0.3) is 0 Å². The van der Waals surface area contributed by atoms with Gasteiger partial charge in [0, 0.05) is 17.2 Å². The highest BCUT2D eigenvalue weighted by Crippen LogP contribution is 2.30. The third kappa shape index (κ3) is 2.25. The molecule has 2 aliphatic carbocycles. The van der Waals surface area contributed by atoms with Crippen molar-refractivity contribution in [2.24, 2.45) is 0 Å². The zero-order valence-corrected chi connectivity index (χ0v) is 12.4. The van der Waals surface area contributed by atoms with Crippen LogP contribution in [0.1, 0.15) is 30.6 Å². The van der Waals surface area contributed by atoms with E-state index in [0.717, 1.165) is 37.5 Å². The minimum Gasteiger partial charge on any atom is -0.456 e. The fourth-order valence-electron chi connectivity index (χ4n) is 3.05. The van der Waals surface area contributed by atoms with E-state index in [9.17, 15) is 0 Å². The second-order valence-corrected chi connectivity index (χ2v) is 5.95. The van der Waals surface area contributed by atoms with E-state index < -0.39 is 0 Å². The molecule has 0 amide bonds. The molecular formula is C19H20NO+. The lowest BCUT2D eigenvalue weighted by Crippen LogP contribution is -2.40. The van der Waals surface area contributed by atoms with E-state index in [2.05, 4.69) is 54.0 Å². The zero-order valence-electron chi connectivity index (χ0n) is 12.4. The monoisotopic (exact) mass is 278 g/mol. The van der Waals surface area contributed by atoms with Crippen molar-refractivity contribution in [1.29, 1.82) is 0 Å². The Hall–Kier alpha value is -2.09. The number of hydrogen-bond acceptors (Lipinski definition) is 1. The lowest BCUT2D eigenvalue weighted by molar-refractivity contribution is 0.432. The van der Waals surface area contributed by atoms with E-state index in [4.69, 9.17) is 4.42 Å². The van der Waals surface area contributed by atoms with Crippen molar-refractivity contribution in [2.75, 3.05) is 13.1 Å². The molecule has 0 aromatic rings. The van der Waals surface area contributed by atoms with Crippen molar-refractivity contribution < 1.29 is 4.42 Å². The Kier molecular flexibility index (Phi) is 3.03. The molecule has 0 bridgehead atoms. The van der Waals surface area contributed by atoms with Crippen molar-refractivity contribution >= 4 is 5.57 Å². The van der Waals surface area contributed by atoms with Gasteiger partial charge in [0.05, 0.1) is 12.5 Å². The first-order chi connectivity index (χ1) is 10.3. The van der Waals surface area contributed by atoms with Crippen LogP contribution in [0.4, 0.5) is 0 Å². The van der Waals surface area contributed by atoms with Gasteiger partial charge in [0.2, 0.25) is 5.36 Å². The van der Waals surface area contributed by atoms with Gasteiger partial charge in [-0.2, -0.15) is 0 Å². The highest BCUT2D eigenvalue weighted by Gasteiger charge is 2.19. The average molecular weight is 278 g/mol. The first-order valence-corrected chi connectivity index (χ1v) is 7.81. The highest BCUT2D eigenvalue weighted by molar-refractivity contribution is 5.74. The molecule has 0 aromatic heterocycles. The smallest absolute Gasteiger partial charge is 0.203 e. The molecule has 2 heteroatoms. The van der Waals surface area contributed by atoms with Gasteiger partial charge >= 0.3 is 0 Å². The second kappa shape index (κ2) is 5.03. The quantitative estimate of drug-likeness (QED) is 0.728. The van der Waals surface area contributed by atoms with Crippen LogP contribution >= 0.6 is 0 Å². The number of nitrogens with zero attached hydrogens (tertiary/aromatic N) is 1. The second-order valence-electron chi connectivity index (χ2n) is 5.95. The summed E-state index contributed by atoms with van der Waals surface area (Å²) in [5.41, 5.74) is 3.70. The lowest BCUT2D eigenvalue weighted by Gasteiger charge is -2.14. The molecule has 2 heterocycles. The normalized spacial score (nSPS) is 17.8. The number of hydrogen-bond donors (Lipinski definition) is 0. The molecule has 0 unspecified atom stereocenters. The van der Waals surface area contributed by atoms with Gasteiger partial charge in [-0.25, -0.2) is 4.58 Å². The standard InChI is InChI=1S/C19H20NO/c1-14-12-18(15-6-3-2-4-7-15)21-19-13-16(8-9-17(14)19)20-10-5-11-20/h3,6-9,12-13H,2,4-5,10-11H2,1H3/q+1. The highest BCUT2D eigenvalue weighted by atomic mass is 16.3. The predicted octanol–water partition coefficient (Wildman–Crippen LogP) is 3.60. The van der Waals surface area contributed by atoms with Gasteiger partial charge in [-0.1, -0.05) is 18.2 Å². The van der Waals surface area contributed by atoms with Crippen LogP contribution in [0, 0.1) is 6.92 Å². The van der Waals surface area contributed by atoms with Crippen molar-refractivity contribution in [3.05, 3.63) is 59.2 Å². The van der Waals surface area contributed by atoms with Crippen LogP contribution in [0.5, 0.6) is 0 Å². The molecule has 21 heavy (non-hydrogen) atoms. The number of fused-ring (bicyclic) bond motifs is 1. The van der Waals surface area contributed by atoms with Crippen LogP contribution in [-0.2, 0) is 0 Å². The van der Waals surface area contributed by atoms with Gasteiger partial charge in [-0.05, 0) is 37.5 Å². The maximum atomic E-state index is 6.20. The Morgan fingerprint density at radius 2 is 1.95 bits per heavy atom. The summed E-state index contributed by atoms with van der Waals surface area (Å²) in [6.07, 6.45) is 10.2. The lowest BCUT2D eigenvalue weighted by atomic mass is 10.00. The Balaban J connectivity index is 1.89. The van der Waals surface area contributed by atoms with E-state index in [0.29, 0.717) is 0 Å². The van der Waals surface area contributed by atoms with Gasteiger partial charge in [-0.3, -0.25) is 0 Å². The Labute approximate surface area is 125 Å². The maximum absolute atomic E-state index is 6.20. The van der Waals surface area contributed by atoms with Crippen LogP contribution < -0.4 is 9.93 Å². The zero-order chi connectivity index (χ0) is 14.2. The van der Waals surface area contributed by atoms with E-state index in [1.807, 2.05) is 0 Å². The van der Waals surface area contributed by atoms with Crippen LogP contribution in [0.3, 0.4) is 0 Å². The summed E-state index contributed by atoms with van der Waals surface area (Å²) in [7, 11) is 0. The molecule has 0 aromatic carbocycles. The minimum atomic E-state index is 0.983. The Morgan fingerprint density at radius 3 is 2.67 bits per heavy atom. The molecule has 0 saturated carbocycles. The molecule has 0 radical (unpaired) electrons. The van der Waals surface area contributed by atoms with Crippen LogP contribution in [-0.4, -0.2) is 13.1 Å². The van der Waals surface area contributed by atoms with Gasteiger partial charge in [-0.15, -0.1) is 0 Å². The molecule has 1 saturated heterocycles. The summed E-state index contributed by atoms with van der Waals surface area (Å²) in [5.74, 6) is 1.98. The molecule has 4 rings (SSSR count). The third-order valence-corrected chi connectivity index (χ3v) is 4.46. The van der Waals surface area contributed by atoms with Crippen molar-refractivity contribution in [3.8, 4) is 11.3 Å². The van der Waals surface area contributed by atoms with Crippen molar-refractivity contribution in [1.82, 2.24) is 4.58 Å². The van der Waals surface area contributed by atoms with E-state index in [1.165, 1.54) is 28.5 Å². The van der Waals surface area contributed by atoms with E-state index in [1.54, 1.807) is 0 Å². The number of aryl methyl sites for hydroxylation is 1. The molecule has 1 fully saturated rings. The molecule has 2 nitrogen and oxygen atoms in total. The van der Waals surface area contributed by atoms with Crippen LogP contribution in [0.15, 0.2) is 46.9 Å². The van der Waals surface area contributed by atoms with Gasteiger partial charge in [0.1, 0.15) is 24.6 Å². The van der Waals surface area contributed by atoms with E-state index in [-0.39, 0.29) is 0 Å². The summed E-state index contributed by atoms with van der Waals surface area (Å²) in [6.45, 7) is 4.49. The largest absolute Gasteiger partial charge is 0.456 e. The van der Waals surface area contributed by atoms with E-state index >= 15 is 0 Å². The first kappa shape index (κ1) is 12.6. The average Bonchev–Trinajstić information content (AvgIpc) is 2.46. The fourth-order valence-corrected chi connectivity index (χ4v) is 3.05. The number of rotatable bonds is 1. The van der Waals surface area contributed by atoms with Gasteiger partial charge in [0.15, 0.2) is 0 Å². The maximum Gasteiger partial charge on any atom is 0.203 e. The first-order valence-electron chi connectivity index (χ1n) is 7.81. The predicted molar refractivity (Wildman–Crippen MR) is 86.0 cm³/mol. The SMILES string of the molecule is Cc1cc(C2=CCCC=C2)oc2cc(=[N+]3CCC3)ccc1-2. The number of allylic oxidation sites excluding steroid dienone is 4. The van der Waals surface area contributed by atoms with Crippen LogP contribution in [0.25, 0.3) is 16.9 Å². The molecule has 0 atom stereocenters. The fraction of sp³-hybridized carbons (Fsp3) is 0.316. The van der Waals surface area contributed by atoms with Gasteiger partial charge < -0.3 is 4.42 Å². The third-order valence-electron chi connectivity index (χ3n) is 4.46. The Bertz CT molecular complexity index is 786. The summed E-state index contributed by atoms with van der Waals surface area (Å²) >= 11 is 0. The summed E-state index contributed by atoms with van der Waals surface area (Å²) < 4.78 is 8.59. The molecule has 4 aliphatic rings. The van der Waals surface area contributed by atoms with Crippen molar-refractivity contribution in [3.63, 3.8) is 0 Å². The van der Waals surface area contributed by atoms with Crippen molar-refractivity contribution in [2.45, 2.75) is 26.2 Å². The summed E-state index contributed by atoms with van der Waals surface area (Å²) in [6, 6.07) is 8.76. The molecule has 2 aliphatic heterocycles. The molecule has 0 spiro atoms. The molecule has 0 N–H and O–H groups in total. The number of benzene rings is 1. The molecule has 106 valence electrons. The summed E-state index contributed by atoms with van der Waals surface area (Å²) in [4.78, 5) is 0.